The van der Waals surface area contributed by atoms with Crippen molar-refractivity contribution >= 4 is 0 Å². The van der Waals surface area contributed by atoms with Crippen molar-refractivity contribution in [3.63, 3.8) is 0 Å². The predicted molar refractivity (Wildman–Crippen MR) is 181 cm³/mol. The second-order valence-electron chi connectivity index (χ2n) is 12.2. The minimum Gasteiger partial charge on any atom is -0.120 e. The molecule has 0 spiro atoms. The van der Waals surface area contributed by atoms with E-state index in [1.807, 2.05) is 0 Å². The van der Waals surface area contributed by atoms with E-state index in [1.165, 1.54) is 199 Å². The van der Waals surface area contributed by atoms with Crippen LogP contribution in [-0.2, 0) is 0 Å². The van der Waals surface area contributed by atoms with Gasteiger partial charge in [0.05, 0.1) is 0 Å². The Morgan fingerprint density at radius 1 is 0.256 bits per heavy atom. The monoisotopic (exact) mass is 543 g/mol. The van der Waals surface area contributed by atoms with Crippen molar-refractivity contribution < 1.29 is 0 Å². The fraction of sp³-hybridized carbons (Fsp3) is 0.897. The van der Waals surface area contributed by atoms with E-state index in [2.05, 4.69) is 25.7 Å². The van der Waals surface area contributed by atoms with Crippen LogP contribution in [-0.4, -0.2) is 0 Å². The molecule has 0 atom stereocenters. The van der Waals surface area contributed by atoms with Crippen molar-refractivity contribution in [1.29, 1.82) is 0 Å². The molecule has 0 heterocycles. The van der Waals surface area contributed by atoms with Gasteiger partial charge in [-0.25, -0.2) is 0 Å². The topological polar surface area (TPSA) is 0 Å². The van der Waals surface area contributed by atoms with Gasteiger partial charge in [0, 0.05) is 12.8 Å². The van der Waals surface area contributed by atoms with Gasteiger partial charge in [-0.05, 0) is 12.8 Å². The Morgan fingerprint density at radius 2 is 0.410 bits per heavy atom. The predicted octanol–water partition coefficient (Wildman–Crippen LogP) is 14.2. The van der Waals surface area contributed by atoms with Crippen LogP contribution < -0.4 is 0 Å². The van der Waals surface area contributed by atoms with Gasteiger partial charge in [-0.1, -0.05) is 200 Å². The molecule has 0 aromatic heterocycles. The van der Waals surface area contributed by atoms with Crippen molar-refractivity contribution in [2.24, 2.45) is 0 Å². The number of hydrogen-bond donors (Lipinski definition) is 0. The number of unbranched alkanes of at least 4 members (excludes halogenated alkanes) is 31. The van der Waals surface area contributed by atoms with Crippen LogP contribution >= 0.6 is 0 Å². The van der Waals surface area contributed by atoms with Crippen LogP contribution in [0.5, 0.6) is 0 Å². The second kappa shape index (κ2) is 41.6. The number of rotatable bonds is 31. The highest BCUT2D eigenvalue weighted by molar-refractivity contribution is 4.83. The maximum absolute atomic E-state index is 5.24. The summed E-state index contributed by atoms with van der Waals surface area (Å²) >= 11 is 0. The summed E-state index contributed by atoms with van der Waals surface area (Å²) in [6.07, 6.45) is 56.5. The normalized spacial score (nSPS) is 10.6. The first-order valence-corrected chi connectivity index (χ1v) is 18.2. The lowest BCUT2D eigenvalue weighted by atomic mass is 10.0. The molecule has 0 bridgehead atoms. The molecule has 0 radical (unpaired) electrons. The van der Waals surface area contributed by atoms with Gasteiger partial charge in [-0.3, -0.25) is 0 Å². The highest BCUT2D eigenvalue weighted by Gasteiger charge is 1.95. The van der Waals surface area contributed by atoms with E-state index < -0.39 is 0 Å². The van der Waals surface area contributed by atoms with Gasteiger partial charge in [0.1, 0.15) is 0 Å². The molecular weight excluding hydrogens is 468 g/mol. The van der Waals surface area contributed by atoms with Crippen molar-refractivity contribution in [3.05, 3.63) is 0 Å². The largest absolute Gasteiger partial charge is 0.120 e. The van der Waals surface area contributed by atoms with Crippen LogP contribution in [0.15, 0.2) is 0 Å². The molecule has 0 saturated heterocycles. The minimum atomic E-state index is 0.970. The first kappa shape index (κ1) is 40.3. The maximum atomic E-state index is 5.24. The summed E-state index contributed by atoms with van der Waals surface area (Å²) in [5.41, 5.74) is 0. The minimum absolute atomic E-state index is 0.970. The zero-order chi connectivity index (χ0) is 28.7. The van der Waals surface area contributed by atoms with Gasteiger partial charge in [0.25, 0.3) is 0 Å². The first-order valence-electron chi connectivity index (χ1n) is 18.2. The van der Waals surface area contributed by atoms with Crippen LogP contribution in [0.1, 0.15) is 226 Å². The smallest absolute Gasteiger partial charge is 0.00860 e. The van der Waals surface area contributed by atoms with Crippen molar-refractivity contribution in [2.75, 3.05) is 0 Å². The third-order valence-electron chi connectivity index (χ3n) is 8.10. The van der Waals surface area contributed by atoms with E-state index in [9.17, 15) is 0 Å². The molecule has 0 amide bonds. The Labute approximate surface area is 250 Å². The molecular formula is C39H74. The van der Waals surface area contributed by atoms with Crippen molar-refractivity contribution in [3.8, 4) is 24.7 Å². The zero-order valence-corrected chi connectivity index (χ0v) is 27.5. The Kier molecular flexibility index (Phi) is 42.9. The van der Waals surface area contributed by atoms with Gasteiger partial charge in [-0.15, -0.1) is 24.7 Å². The maximum Gasteiger partial charge on any atom is 0.00860 e. The lowest BCUT2D eigenvalue weighted by Crippen LogP contribution is -1.83. The summed E-state index contributed by atoms with van der Waals surface area (Å²) in [5.74, 6) is 5.43. The molecule has 0 rings (SSSR count). The fourth-order valence-electron chi connectivity index (χ4n) is 5.37. The molecule has 0 aliphatic carbocycles. The fourth-order valence-corrected chi connectivity index (χ4v) is 5.37. The molecule has 0 unspecified atom stereocenters. The average Bonchev–Trinajstić information content (AvgIpc) is 2.95. The van der Waals surface area contributed by atoms with Crippen LogP contribution in [0.2, 0.25) is 0 Å². The molecule has 0 saturated carbocycles. The third-order valence-corrected chi connectivity index (χ3v) is 8.10. The third kappa shape index (κ3) is 44.4. The van der Waals surface area contributed by atoms with Crippen molar-refractivity contribution in [2.45, 2.75) is 226 Å². The van der Waals surface area contributed by atoms with Gasteiger partial charge < -0.3 is 0 Å². The highest BCUT2D eigenvalue weighted by Crippen LogP contribution is 2.15. The zero-order valence-electron chi connectivity index (χ0n) is 27.5. The summed E-state index contributed by atoms with van der Waals surface area (Å²) in [7, 11) is 0. The van der Waals surface area contributed by atoms with E-state index in [0.717, 1.165) is 12.8 Å². The summed E-state index contributed by atoms with van der Waals surface area (Å²) in [6.45, 7) is 4.58. The summed E-state index contributed by atoms with van der Waals surface area (Å²) in [4.78, 5) is 0. The van der Waals surface area contributed by atoms with Crippen LogP contribution in [0.4, 0.5) is 0 Å². The van der Waals surface area contributed by atoms with Gasteiger partial charge in [-0.2, -0.15) is 0 Å². The van der Waals surface area contributed by atoms with Crippen LogP contribution in [0, 0.1) is 24.7 Å². The Morgan fingerprint density at radius 3 is 0.564 bits per heavy atom. The molecule has 39 heavy (non-hydrogen) atoms. The lowest BCUT2D eigenvalue weighted by molar-refractivity contribution is 0.530. The number of terminal acetylenes is 2. The summed E-state index contributed by atoms with van der Waals surface area (Å²) in [6, 6.07) is 0. The molecule has 0 aromatic rings. The first-order chi connectivity index (χ1) is 19.3. The SMILES string of the molecule is C#CCCCCCCCCCCCCCCCCC.C#CCCCCCCCCCCCCCCCCCC. The van der Waals surface area contributed by atoms with E-state index in [-0.39, 0.29) is 0 Å². The van der Waals surface area contributed by atoms with Gasteiger partial charge >= 0.3 is 0 Å². The Balaban J connectivity index is 0. The molecule has 0 fully saturated rings. The molecule has 0 N–H and O–H groups in total. The summed E-state index contributed by atoms with van der Waals surface area (Å²) < 4.78 is 0. The van der Waals surface area contributed by atoms with Crippen LogP contribution in [0.3, 0.4) is 0 Å². The quantitative estimate of drug-likeness (QED) is 0.0603. The lowest BCUT2D eigenvalue weighted by Gasteiger charge is -2.03. The van der Waals surface area contributed by atoms with Crippen molar-refractivity contribution in [1.82, 2.24) is 0 Å². The van der Waals surface area contributed by atoms with E-state index in [1.54, 1.807) is 0 Å². The Bertz CT molecular complexity index is 475. The molecule has 0 aromatic carbocycles. The molecule has 0 aliphatic rings. The van der Waals surface area contributed by atoms with E-state index in [4.69, 9.17) is 12.8 Å². The van der Waals surface area contributed by atoms with E-state index >= 15 is 0 Å². The Hall–Kier alpha value is -0.880. The molecule has 0 nitrogen and oxygen atoms in total. The summed E-state index contributed by atoms with van der Waals surface area (Å²) in [5, 5.41) is 0. The average molecular weight is 543 g/mol. The van der Waals surface area contributed by atoms with E-state index in [0.29, 0.717) is 0 Å². The second-order valence-corrected chi connectivity index (χ2v) is 12.2. The number of hydrogen-bond acceptors (Lipinski definition) is 0. The van der Waals surface area contributed by atoms with Crippen LogP contribution in [0.25, 0.3) is 0 Å². The molecule has 230 valence electrons. The van der Waals surface area contributed by atoms with Gasteiger partial charge in [0.15, 0.2) is 0 Å². The highest BCUT2D eigenvalue weighted by atomic mass is 14.0. The standard InChI is InChI=1S/C20H38.C19H36/c1-3-5-7-9-11-13-15-17-19-20-18-16-14-12-10-8-6-4-2;1-3-5-7-9-11-13-15-17-19-18-16-14-12-10-8-6-4-2/h1H,4-20H2,2H3;1H,4-19H2,2H3. The molecule has 0 aliphatic heterocycles. The molecule has 0 heteroatoms. The van der Waals surface area contributed by atoms with Gasteiger partial charge in [0.2, 0.25) is 0 Å².